The molecule has 5 rings (SSSR count). The van der Waals surface area contributed by atoms with Gasteiger partial charge in [0.15, 0.2) is 0 Å². The lowest BCUT2D eigenvalue weighted by molar-refractivity contribution is 0.214. The van der Waals surface area contributed by atoms with E-state index in [0.717, 1.165) is 25.4 Å². The fourth-order valence-corrected chi connectivity index (χ4v) is 4.77. The first kappa shape index (κ1) is 16.5. The Morgan fingerprint density at radius 2 is 2.08 bits per heavy atom. The van der Waals surface area contributed by atoms with E-state index in [1.807, 2.05) is 0 Å². The van der Waals surface area contributed by atoms with Crippen molar-refractivity contribution in [2.45, 2.75) is 61.8 Å². The van der Waals surface area contributed by atoms with Crippen molar-refractivity contribution in [3.8, 4) is 0 Å². The lowest BCUT2D eigenvalue weighted by Gasteiger charge is -2.40. The molecule has 1 saturated heterocycles. The molecule has 0 radical (unpaired) electrons. The molecule has 138 valence electrons. The molecule has 1 unspecified atom stereocenters. The van der Waals surface area contributed by atoms with Crippen LogP contribution < -0.4 is 10.6 Å². The van der Waals surface area contributed by atoms with Gasteiger partial charge in [0, 0.05) is 42.4 Å². The van der Waals surface area contributed by atoms with Gasteiger partial charge in [0.05, 0.1) is 5.69 Å². The van der Waals surface area contributed by atoms with E-state index in [0.29, 0.717) is 17.9 Å². The van der Waals surface area contributed by atoms with Gasteiger partial charge in [-0.2, -0.15) is 0 Å². The molecule has 2 aromatic rings. The van der Waals surface area contributed by atoms with E-state index in [-0.39, 0.29) is 5.41 Å². The Balaban J connectivity index is 1.22. The minimum absolute atomic E-state index is 0.202. The first-order valence-electron chi connectivity index (χ1n) is 10.3. The molecule has 1 aromatic heterocycles. The van der Waals surface area contributed by atoms with Gasteiger partial charge in [0.2, 0.25) is 0 Å². The normalized spacial score (nSPS) is 29.9. The van der Waals surface area contributed by atoms with E-state index < -0.39 is 0 Å². The van der Waals surface area contributed by atoms with Gasteiger partial charge in [0.1, 0.15) is 5.76 Å². The first-order chi connectivity index (χ1) is 12.8. The molecule has 0 bridgehead atoms. The number of benzene rings is 1. The van der Waals surface area contributed by atoms with Crippen molar-refractivity contribution >= 4 is 0 Å². The molecule has 0 amide bonds. The predicted molar refractivity (Wildman–Crippen MR) is 102 cm³/mol. The van der Waals surface area contributed by atoms with Crippen molar-refractivity contribution in [3.63, 3.8) is 0 Å². The maximum atomic E-state index is 5.78. The molecule has 26 heavy (non-hydrogen) atoms. The predicted octanol–water partition coefficient (Wildman–Crippen LogP) is 3.71. The lowest BCUT2D eigenvalue weighted by atomic mass is 9.66. The zero-order valence-electron chi connectivity index (χ0n) is 15.4. The van der Waals surface area contributed by atoms with E-state index in [9.17, 15) is 0 Å². The summed E-state index contributed by atoms with van der Waals surface area (Å²) in [5.74, 6) is 2.28. The maximum absolute atomic E-state index is 5.78. The molecule has 4 nitrogen and oxygen atoms in total. The van der Waals surface area contributed by atoms with E-state index in [1.165, 1.54) is 49.8 Å². The van der Waals surface area contributed by atoms with Crippen LogP contribution >= 0.6 is 0 Å². The number of aromatic nitrogens is 1. The summed E-state index contributed by atoms with van der Waals surface area (Å²) in [6.07, 6.45) is 7.48. The molecule has 3 atom stereocenters. The van der Waals surface area contributed by atoms with Crippen molar-refractivity contribution in [2.24, 2.45) is 0 Å². The van der Waals surface area contributed by atoms with Gasteiger partial charge in [-0.15, -0.1) is 0 Å². The largest absolute Gasteiger partial charge is 0.361 e. The van der Waals surface area contributed by atoms with Gasteiger partial charge in [-0.3, -0.25) is 0 Å². The average molecular weight is 351 g/mol. The molecule has 2 heterocycles. The minimum atomic E-state index is 0.202. The van der Waals surface area contributed by atoms with Crippen LogP contribution in [0, 0.1) is 0 Å². The number of piperidine rings is 1. The third-order valence-electron chi connectivity index (χ3n) is 6.80. The van der Waals surface area contributed by atoms with Gasteiger partial charge in [0.25, 0.3) is 0 Å². The summed E-state index contributed by atoms with van der Waals surface area (Å²) >= 11 is 0. The Hall–Kier alpha value is -1.65. The van der Waals surface area contributed by atoms with E-state index in [4.69, 9.17) is 4.52 Å². The summed E-state index contributed by atoms with van der Waals surface area (Å²) in [4.78, 5) is 0. The molecule has 2 aliphatic carbocycles. The van der Waals surface area contributed by atoms with Gasteiger partial charge < -0.3 is 15.2 Å². The average Bonchev–Trinajstić information content (AvgIpc) is 3.28. The smallest absolute Gasteiger partial charge is 0.141 e. The SMILES string of the molecule is c1ccc(C2C[C@@H]2NCC2(c3cc([C@H]4CCCNC4)on3)CCC2)cc1. The van der Waals surface area contributed by atoms with E-state index in [1.54, 1.807) is 0 Å². The van der Waals surface area contributed by atoms with Crippen LogP contribution in [0.4, 0.5) is 0 Å². The highest BCUT2D eigenvalue weighted by molar-refractivity contribution is 5.29. The van der Waals surface area contributed by atoms with Crippen LogP contribution in [0.5, 0.6) is 0 Å². The molecule has 1 aliphatic heterocycles. The van der Waals surface area contributed by atoms with Gasteiger partial charge in [-0.1, -0.05) is 41.9 Å². The number of rotatable bonds is 6. The van der Waals surface area contributed by atoms with Crippen molar-refractivity contribution < 1.29 is 4.52 Å². The second-order valence-corrected chi connectivity index (χ2v) is 8.53. The van der Waals surface area contributed by atoms with Gasteiger partial charge in [-0.05, 0) is 44.2 Å². The second-order valence-electron chi connectivity index (χ2n) is 8.53. The molecule has 0 spiro atoms. The van der Waals surface area contributed by atoms with Crippen LogP contribution in [-0.4, -0.2) is 30.8 Å². The van der Waals surface area contributed by atoms with Crippen LogP contribution in [-0.2, 0) is 5.41 Å². The Kier molecular flexibility index (Phi) is 4.33. The molecule has 3 fully saturated rings. The zero-order valence-corrected chi connectivity index (χ0v) is 15.4. The van der Waals surface area contributed by atoms with Crippen LogP contribution in [0.3, 0.4) is 0 Å². The van der Waals surface area contributed by atoms with Crippen molar-refractivity contribution in [1.29, 1.82) is 0 Å². The Morgan fingerprint density at radius 3 is 2.81 bits per heavy atom. The Labute approximate surface area is 155 Å². The summed E-state index contributed by atoms with van der Waals surface area (Å²) < 4.78 is 5.78. The van der Waals surface area contributed by atoms with Gasteiger partial charge >= 0.3 is 0 Å². The molecular formula is C22H29N3O. The van der Waals surface area contributed by atoms with Crippen LogP contribution in [0.25, 0.3) is 0 Å². The summed E-state index contributed by atoms with van der Waals surface area (Å²) in [7, 11) is 0. The summed E-state index contributed by atoms with van der Waals surface area (Å²) in [5.41, 5.74) is 2.86. The second kappa shape index (κ2) is 6.82. The number of nitrogens with zero attached hydrogens (tertiary/aromatic N) is 1. The first-order valence-corrected chi connectivity index (χ1v) is 10.3. The Morgan fingerprint density at radius 1 is 1.19 bits per heavy atom. The molecule has 2 saturated carbocycles. The van der Waals surface area contributed by atoms with Crippen LogP contribution in [0.1, 0.15) is 67.4 Å². The van der Waals surface area contributed by atoms with Crippen molar-refractivity contribution in [1.82, 2.24) is 15.8 Å². The van der Waals surface area contributed by atoms with Crippen LogP contribution in [0.15, 0.2) is 40.9 Å². The molecule has 2 N–H and O–H groups in total. The highest BCUT2D eigenvalue weighted by Crippen LogP contribution is 2.46. The Bertz CT molecular complexity index is 731. The van der Waals surface area contributed by atoms with E-state index >= 15 is 0 Å². The summed E-state index contributed by atoms with van der Waals surface area (Å²) in [6, 6.07) is 13.8. The number of hydrogen-bond acceptors (Lipinski definition) is 4. The third-order valence-corrected chi connectivity index (χ3v) is 6.80. The fourth-order valence-electron chi connectivity index (χ4n) is 4.77. The maximum Gasteiger partial charge on any atom is 0.141 e. The third kappa shape index (κ3) is 3.10. The highest BCUT2D eigenvalue weighted by Gasteiger charge is 2.45. The van der Waals surface area contributed by atoms with E-state index in [2.05, 4.69) is 52.2 Å². The lowest BCUT2D eigenvalue weighted by Crippen LogP contribution is -2.45. The zero-order chi connectivity index (χ0) is 17.4. The number of hydrogen-bond donors (Lipinski definition) is 2. The van der Waals surface area contributed by atoms with Crippen LogP contribution in [0.2, 0.25) is 0 Å². The molecule has 4 heteroatoms. The summed E-state index contributed by atoms with van der Waals surface area (Å²) in [6.45, 7) is 3.20. The molecule has 1 aromatic carbocycles. The van der Waals surface area contributed by atoms with Gasteiger partial charge in [-0.25, -0.2) is 0 Å². The highest BCUT2D eigenvalue weighted by atomic mass is 16.5. The number of nitrogens with one attached hydrogen (secondary N) is 2. The van der Waals surface area contributed by atoms with Crippen molar-refractivity contribution in [2.75, 3.05) is 19.6 Å². The molecular weight excluding hydrogens is 322 g/mol. The topological polar surface area (TPSA) is 50.1 Å². The van der Waals surface area contributed by atoms with Crippen molar-refractivity contribution in [3.05, 3.63) is 53.4 Å². The standard InChI is InChI=1S/C22H29N3O/c1-2-6-16(7-3-1)18-12-19(18)24-15-22(9-5-10-22)21-13-20(26-25-21)17-8-4-11-23-14-17/h1-3,6-7,13,17-19,23-24H,4-5,8-12,14-15H2/t17-,18?,19-/m0/s1. The summed E-state index contributed by atoms with van der Waals surface area (Å²) in [5, 5.41) is 11.8. The monoisotopic (exact) mass is 351 g/mol. The fraction of sp³-hybridized carbons (Fsp3) is 0.591. The molecule has 3 aliphatic rings. The quantitative estimate of drug-likeness (QED) is 0.833. The minimum Gasteiger partial charge on any atom is -0.361 e.